The molecule has 0 aromatic rings. The van der Waals surface area contributed by atoms with Gasteiger partial charge in [-0.2, -0.15) is 0 Å². The Morgan fingerprint density at radius 1 is 0.960 bits per heavy atom. The zero-order valence-corrected chi connectivity index (χ0v) is 16.0. The van der Waals surface area contributed by atoms with Crippen LogP contribution >= 0.6 is 0 Å². The minimum absolute atomic E-state index is 0.0946. The first kappa shape index (κ1) is 18.5. The molecular formula is C21H32O4. The van der Waals surface area contributed by atoms with Crippen LogP contribution in [0.2, 0.25) is 0 Å². The molecule has 6 atom stereocenters. The largest absolute Gasteiger partial charge is 0.465 e. The third-order valence-electron chi connectivity index (χ3n) is 6.54. The van der Waals surface area contributed by atoms with Crippen molar-refractivity contribution < 1.29 is 19.1 Å². The van der Waals surface area contributed by atoms with Gasteiger partial charge in [-0.25, -0.2) is 4.79 Å². The van der Waals surface area contributed by atoms with E-state index in [0.717, 1.165) is 24.2 Å². The van der Waals surface area contributed by atoms with Crippen LogP contribution in [0.4, 0.5) is 0 Å². The quantitative estimate of drug-likeness (QED) is 0.557. The van der Waals surface area contributed by atoms with Gasteiger partial charge in [-0.05, 0) is 88.9 Å². The molecule has 4 nitrogen and oxygen atoms in total. The van der Waals surface area contributed by atoms with Crippen molar-refractivity contribution in [1.29, 1.82) is 0 Å². The van der Waals surface area contributed by atoms with E-state index in [1.807, 2.05) is 20.8 Å². The summed E-state index contributed by atoms with van der Waals surface area (Å²) in [5.74, 6) is 3.61. The summed E-state index contributed by atoms with van der Waals surface area (Å²) >= 11 is 0. The molecular weight excluding hydrogens is 316 g/mol. The minimum Gasteiger partial charge on any atom is -0.465 e. The molecule has 0 amide bonds. The van der Waals surface area contributed by atoms with Gasteiger partial charge < -0.3 is 9.47 Å². The van der Waals surface area contributed by atoms with E-state index in [2.05, 4.69) is 6.58 Å². The molecule has 3 aliphatic rings. The maximum atomic E-state index is 12.0. The molecule has 0 radical (unpaired) electrons. The van der Waals surface area contributed by atoms with Gasteiger partial charge in [-0.1, -0.05) is 6.58 Å². The molecule has 3 rings (SSSR count). The molecule has 0 aliphatic heterocycles. The van der Waals surface area contributed by atoms with Gasteiger partial charge in [0.05, 0.1) is 18.6 Å². The average Bonchev–Trinajstić information content (AvgIpc) is 3.19. The second kappa shape index (κ2) is 6.77. The molecule has 0 aromatic heterocycles. The smallest absolute Gasteiger partial charge is 0.333 e. The first-order valence-electron chi connectivity index (χ1n) is 9.66. The SMILES string of the molecule is C=C(C)C(=O)OCC1CC2C3CC(COC(=O)C(C)(C)C)C(C3)C2C1. The summed E-state index contributed by atoms with van der Waals surface area (Å²) < 4.78 is 11.0. The lowest BCUT2D eigenvalue weighted by molar-refractivity contribution is -0.155. The third kappa shape index (κ3) is 3.78. The Labute approximate surface area is 151 Å². The summed E-state index contributed by atoms with van der Waals surface area (Å²) in [7, 11) is 0. The fourth-order valence-corrected chi connectivity index (χ4v) is 5.37. The van der Waals surface area contributed by atoms with Crippen LogP contribution in [0.15, 0.2) is 12.2 Å². The van der Waals surface area contributed by atoms with E-state index in [0.29, 0.717) is 36.5 Å². The summed E-state index contributed by atoms with van der Waals surface area (Å²) in [6.45, 7) is 12.1. The van der Waals surface area contributed by atoms with Crippen LogP contribution in [0.1, 0.15) is 53.4 Å². The Morgan fingerprint density at radius 3 is 2.28 bits per heavy atom. The van der Waals surface area contributed by atoms with Crippen molar-refractivity contribution in [2.24, 2.45) is 40.9 Å². The van der Waals surface area contributed by atoms with Crippen molar-refractivity contribution >= 4 is 11.9 Å². The predicted octanol–water partition coefficient (Wildman–Crippen LogP) is 3.99. The highest BCUT2D eigenvalue weighted by molar-refractivity contribution is 5.86. The average molecular weight is 348 g/mol. The van der Waals surface area contributed by atoms with E-state index in [-0.39, 0.29) is 11.9 Å². The van der Waals surface area contributed by atoms with Crippen molar-refractivity contribution in [3.8, 4) is 0 Å². The van der Waals surface area contributed by atoms with Gasteiger partial charge in [0.2, 0.25) is 0 Å². The Hall–Kier alpha value is -1.32. The van der Waals surface area contributed by atoms with Crippen LogP contribution in [0.3, 0.4) is 0 Å². The standard InChI is InChI=1S/C21H32O4/c1-12(2)19(22)24-10-13-6-16-14-8-15(17(9-14)18(16)7-13)11-25-20(23)21(3,4)5/h13-18H,1,6-11H2,2-5H3. The highest BCUT2D eigenvalue weighted by Crippen LogP contribution is 2.62. The molecule has 0 spiro atoms. The number of carbonyl (C=O) groups is 2. The summed E-state index contributed by atoms with van der Waals surface area (Å²) in [5, 5.41) is 0. The van der Waals surface area contributed by atoms with Crippen molar-refractivity contribution in [3.05, 3.63) is 12.2 Å². The van der Waals surface area contributed by atoms with Crippen molar-refractivity contribution in [2.45, 2.75) is 53.4 Å². The van der Waals surface area contributed by atoms with Crippen LogP contribution in [0.5, 0.6) is 0 Å². The molecule has 0 heterocycles. The normalized spacial score (nSPS) is 36.2. The van der Waals surface area contributed by atoms with Crippen LogP contribution in [0, 0.1) is 40.9 Å². The Kier molecular flexibility index (Phi) is 5.00. The van der Waals surface area contributed by atoms with Crippen LogP contribution in [-0.2, 0) is 19.1 Å². The first-order valence-corrected chi connectivity index (χ1v) is 9.66. The zero-order valence-electron chi connectivity index (χ0n) is 16.0. The minimum atomic E-state index is -0.425. The molecule has 3 aliphatic carbocycles. The van der Waals surface area contributed by atoms with Crippen LogP contribution < -0.4 is 0 Å². The summed E-state index contributed by atoms with van der Waals surface area (Å²) in [6, 6.07) is 0. The third-order valence-corrected chi connectivity index (χ3v) is 6.54. The molecule has 3 fully saturated rings. The predicted molar refractivity (Wildman–Crippen MR) is 95.6 cm³/mol. The number of rotatable bonds is 5. The molecule has 4 heteroatoms. The van der Waals surface area contributed by atoms with Gasteiger partial charge in [0, 0.05) is 5.57 Å². The van der Waals surface area contributed by atoms with Gasteiger partial charge in [0.25, 0.3) is 0 Å². The highest BCUT2D eigenvalue weighted by atomic mass is 16.5. The monoisotopic (exact) mass is 348 g/mol. The van der Waals surface area contributed by atoms with E-state index in [1.54, 1.807) is 6.92 Å². The number of hydrogen-bond acceptors (Lipinski definition) is 4. The number of hydrogen-bond donors (Lipinski definition) is 0. The number of carbonyl (C=O) groups excluding carboxylic acids is 2. The van der Waals surface area contributed by atoms with Crippen molar-refractivity contribution in [1.82, 2.24) is 0 Å². The summed E-state index contributed by atoms with van der Waals surface area (Å²) in [5.41, 5.74) is 0.0465. The van der Waals surface area contributed by atoms with Gasteiger partial charge in [-0.3, -0.25) is 4.79 Å². The van der Waals surface area contributed by atoms with E-state index >= 15 is 0 Å². The van der Waals surface area contributed by atoms with Crippen molar-refractivity contribution in [2.75, 3.05) is 13.2 Å². The van der Waals surface area contributed by atoms with Gasteiger partial charge in [0.1, 0.15) is 0 Å². The van der Waals surface area contributed by atoms with E-state index < -0.39 is 5.41 Å². The molecule has 6 unspecified atom stereocenters. The van der Waals surface area contributed by atoms with Crippen LogP contribution in [0.25, 0.3) is 0 Å². The summed E-state index contributed by atoms with van der Waals surface area (Å²) in [6.07, 6.45) is 4.83. The maximum Gasteiger partial charge on any atom is 0.333 e. The lowest BCUT2D eigenvalue weighted by atomic mass is 9.76. The van der Waals surface area contributed by atoms with Crippen LogP contribution in [-0.4, -0.2) is 25.2 Å². The van der Waals surface area contributed by atoms with Gasteiger partial charge in [0.15, 0.2) is 0 Å². The Balaban J connectivity index is 1.50. The highest BCUT2D eigenvalue weighted by Gasteiger charge is 2.56. The molecule has 0 saturated heterocycles. The van der Waals surface area contributed by atoms with Crippen molar-refractivity contribution in [3.63, 3.8) is 0 Å². The lowest BCUT2D eigenvalue weighted by Crippen LogP contribution is -2.31. The number of esters is 2. The Bertz CT molecular complexity index is 559. The summed E-state index contributed by atoms with van der Waals surface area (Å²) in [4.78, 5) is 23.6. The maximum absolute atomic E-state index is 12.0. The molecule has 3 saturated carbocycles. The molecule has 0 N–H and O–H groups in total. The van der Waals surface area contributed by atoms with Gasteiger partial charge in [-0.15, -0.1) is 0 Å². The number of ether oxygens (including phenoxy) is 2. The van der Waals surface area contributed by atoms with E-state index in [4.69, 9.17) is 9.47 Å². The fourth-order valence-electron chi connectivity index (χ4n) is 5.37. The number of fused-ring (bicyclic) bond motifs is 5. The van der Waals surface area contributed by atoms with Gasteiger partial charge >= 0.3 is 11.9 Å². The molecule has 140 valence electrons. The second-order valence-electron chi connectivity index (χ2n) is 9.55. The Morgan fingerprint density at radius 2 is 1.64 bits per heavy atom. The molecule has 2 bridgehead atoms. The lowest BCUT2D eigenvalue weighted by Gasteiger charge is -2.31. The molecule has 0 aromatic carbocycles. The first-order chi connectivity index (χ1) is 11.7. The zero-order chi connectivity index (χ0) is 18.4. The fraction of sp³-hybridized carbons (Fsp3) is 0.810. The van der Waals surface area contributed by atoms with E-state index in [9.17, 15) is 9.59 Å². The topological polar surface area (TPSA) is 52.6 Å². The second-order valence-corrected chi connectivity index (χ2v) is 9.55. The van der Waals surface area contributed by atoms with E-state index in [1.165, 1.54) is 19.3 Å². The molecule has 25 heavy (non-hydrogen) atoms.